The molecule has 0 aliphatic carbocycles. The van der Waals surface area contributed by atoms with Crippen LogP contribution in [-0.2, 0) is 4.74 Å². The lowest BCUT2D eigenvalue weighted by atomic mass is 9.90. The van der Waals surface area contributed by atoms with Gasteiger partial charge in [-0.25, -0.2) is 0 Å². The van der Waals surface area contributed by atoms with Crippen LogP contribution in [0, 0.1) is 5.41 Å². The molecule has 1 heterocycles. The fourth-order valence-corrected chi connectivity index (χ4v) is 1.43. The van der Waals surface area contributed by atoms with E-state index in [0.717, 1.165) is 19.6 Å². The van der Waals surface area contributed by atoms with E-state index in [1.165, 1.54) is 0 Å². The summed E-state index contributed by atoms with van der Waals surface area (Å²) in [5.41, 5.74) is 5.71. The molecule has 6 heteroatoms. The number of nitrogens with zero attached hydrogens (tertiary/aromatic N) is 2. The summed E-state index contributed by atoms with van der Waals surface area (Å²) in [5.74, 6) is 1.33. The molecule has 18 heavy (non-hydrogen) atoms. The Bertz CT molecular complexity index is 382. The van der Waals surface area contributed by atoms with E-state index in [1.54, 1.807) is 20.3 Å². The minimum Gasteiger partial charge on any atom is -0.481 e. The van der Waals surface area contributed by atoms with Crippen LogP contribution in [0.1, 0.15) is 20.3 Å². The van der Waals surface area contributed by atoms with Gasteiger partial charge in [0, 0.05) is 26.3 Å². The number of nitrogens with two attached hydrogens (primary N) is 1. The van der Waals surface area contributed by atoms with Crippen LogP contribution in [0.4, 0.5) is 11.8 Å². The van der Waals surface area contributed by atoms with Crippen LogP contribution in [0.5, 0.6) is 5.88 Å². The van der Waals surface area contributed by atoms with Gasteiger partial charge in [0.25, 0.3) is 0 Å². The molecule has 0 aromatic carbocycles. The zero-order chi connectivity index (χ0) is 13.6. The molecule has 0 saturated carbocycles. The fourth-order valence-electron chi connectivity index (χ4n) is 1.43. The number of rotatable bonds is 7. The van der Waals surface area contributed by atoms with Gasteiger partial charge in [-0.15, -0.1) is 0 Å². The molecular formula is C12H22N4O2. The molecule has 102 valence electrons. The molecule has 1 rings (SSSR count). The first-order valence-corrected chi connectivity index (χ1v) is 5.88. The number of aromatic nitrogens is 2. The van der Waals surface area contributed by atoms with Gasteiger partial charge in [-0.1, -0.05) is 13.8 Å². The zero-order valence-corrected chi connectivity index (χ0v) is 11.5. The summed E-state index contributed by atoms with van der Waals surface area (Å²) < 4.78 is 10.1. The van der Waals surface area contributed by atoms with E-state index in [4.69, 9.17) is 15.2 Å². The summed E-state index contributed by atoms with van der Waals surface area (Å²) in [5, 5.41) is 3.24. The van der Waals surface area contributed by atoms with Crippen LogP contribution in [0.25, 0.3) is 0 Å². The number of ether oxygens (including phenoxy) is 2. The molecule has 0 bridgehead atoms. The van der Waals surface area contributed by atoms with Gasteiger partial charge in [-0.05, 0) is 11.8 Å². The number of hydrogen-bond acceptors (Lipinski definition) is 6. The summed E-state index contributed by atoms with van der Waals surface area (Å²) in [6.45, 7) is 5.85. The second-order valence-corrected chi connectivity index (χ2v) is 4.91. The third-order valence-corrected chi connectivity index (χ3v) is 2.66. The van der Waals surface area contributed by atoms with Gasteiger partial charge in [0.05, 0.1) is 7.11 Å². The Morgan fingerprint density at radius 3 is 2.67 bits per heavy atom. The summed E-state index contributed by atoms with van der Waals surface area (Å²) >= 11 is 0. The Hall–Kier alpha value is -1.56. The Balaban J connectivity index is 2.59. The van der Waals surface area contributed by atoms with Crippen molar-refractivity contribution in [1.29, 1.82) is 0 Å². The molecule has 1 aromatic rings. The first-order valence-electron chi connectivity index (χ1n) is 5.88. The van der Waals surface area contributed by atoms with Crippen LogP contribution in [-0.4, -0.2) is 37.3 Å². The van der Waals surface area contributed by atoms with E-state index in [9.17, 15) is 0 Å². The van der Waals surface area contributed by atoms with Gasteiger partial charge < -0.3 is 20.5 Å². The highest BCUT2D eigenvalue weighted by Crippen LogP contribution is 2.22. The second-order valence-electron chi connectivity index (χ2n) is 4.91. The van der Waals surface area contributed by atoms with E-state index in [1.807, 2.05) is 0 Å². The Morgan fingerprint density at radius 1 is 1.33 bits per heavy atom. The van der Waals surface area contributed by atoms with Gasteiger partial charge >= 0.3 is 0 Å². The topological polar surface area (TPSA) is 82.3 Å². The van der Waals surface area contributed by atoms with Gasteiger partial charge in [-0.3, -0.25) is 0 Å². The molecule has 0 aliphatic heterocycles. The van der Waals surface area contributed by atoms with Crippen LogP contribution < -0.4 is 15.8 Å². The van der Waals surface area contributed by atoms with E-state index in [0.29, 0.717) is 11.7 Å². The maximum absolute atomic E-state index is 5.59. The highest BCUT2D eigenvalue weighted by molar-refractivity contribution is 5.42. The molecule has 0 atom stereocenters. The average molecular weight is 254 g/mol. The fraction of sp³-hybridized carbons (Fsp3) is 0.667. The average Bonchev–Trinajstić information content (AvgIpc) is 2.33. The molecule has 1 aromatic heterocycles. The quantitative estimate of drug-likeness (QED) is 0.768. The molecule has 0 unspecified atom stereocenters. The van der Waals surface area contributed by atoms with Crippen LogP contribution in [0.3, 0.4) is 0 Å². The van der Waals surface area contributed by atoms with Crippen LogP contribution in [0.15, 0.2) is 6.07 Å². The van der Waals surface area contributed by atoms with Crippen molar-refractivity contribution in [3.63, 3.8) is 0 Å². The number of nitrogens with one attached hydrogen (secondary N) is 1. The van der Waals surface area contributed by atoms with E-state index < -0.39 is 0 Å². The highest BCUT2D eigenvalue weighted by atomic mass is 16.5. The molecule has 0 fully saturated rings. The lowest BCUT2D eigenvalue weighted by molar-refractivity contribution is 0.157. The van der Waals surface area contributed by atoms with Crippen LogP contribution >= 0.6 is 0 Å². The van der Waals surface area contributed by atoms with Crippen molar-refractivity contribution in [3.05, 3.63) is 6.07 Å². The number of methoxy groups -OCH3 is 2. The Morgan fingerprint density at radius 2 is 2.06 bits per heavy atom. The minimum absolute atomic E-state index is 0.114. The predicted molar refractivity (Wildman–Crippen MR) is 71.8 cm³/mol. The highest BCUT2D eigenvalue weighted by Gasteiger charge is 2.17. The molecule has 0 spiro atoms. The molecule has 0 saturated heterocycles. The van der Waals surface area contributed by atoms with Crippen molar-refractivity contribution in [3.8, 4) is 5.88 Å². The second kappa shape index (κ2) is 6.39. The molecule has 0 amide bonds. The van der Waals surface area contributed by atoms with Crippen molar-refractivity contribution in [2.45, 2.75) is 20.3 Å². The number of anilines is 2. The third-order valence-electron chi connectivity index (χ3n) is 2.66. The van der Waals surface area contributed by atoms with Gasteiger partial charge in [0.2, 0.25) is 11.8 Å². The SMILES string of the molecule is COCCC(C)(C)CNc1cc(OC)nc(N)n1. The smallest absolute Gasteiger partial charge is 0.225 e. The zero-order valence-electron chi connectivity index (χ0n) is 11.5. The third kappa shape index (κ3) is 4.75. The summed E-state index contributed by atoms with van der Waals surface area (Å²) in [4.78, 5) is 8.04. The lowest BCUT2D eigenvalue weighted by Gasteiger charge is -2.24. The molecular weight excluding hydrogens is 232 g/mol. The first-order chi connectivity index (χ1) is 8.46. The molecule has 3 N–H and O–H groups in total. The van der Waals surface area contributed by atoms with Crippen LogP contribution in [0.2, 0.25) is 0 Å². The van der Waals surface area contributed by atoms with Crippen molar-refractivity contribution in [2.75, 3.05) is 38.4 Å². The summed E-state index contributed by atoms with van der Waals surface area (Å²) in [7, 11) is 3.26. The summed E-state index contributed by atoms with van der Waals surface area (Å²) in [6, 6.07) is 1.72. The van der Waals surface area contributed by atoms with Crippen molar-refractivity contribution >= 4 is 11.8 Å². The summed E-state index contributed by atoms with van der Waals surface area (Å²) in [6.07, 6.45) is 0.966. The maximum Gasteiger partial charge on any atom is 0.225 e. The molecule has 0 radical (unpaired) electrons. The Kier molecular flexibility index (Phi) is 5.15. The lowest BCUT2D eigenvalue weighted by Crippen LogP contribution is -2.25. The van der Waals surface area contributed by atoms with E-state index in [-0.39, 0.29) is 11.4 Å². The molecule has 6 nitrogen and oxygen atoms in total. The normalized spacial score (nSPS) is 11.3. The predicted octanol–water partition coefficient (Wildman–Crippen LogP) is 1.54. The van der Waals surface area contributed by atoms with E-state index in [2.05, 4.69) is 29.1 Å². The maximum atomic E-state index is 5.59. The minimum atomic E-state index is 0.114. The Labute approximate surface area is 108 Å². The first kappa shape index (κ1) is 14.5. The van der Waals surface area contributed by atoms with Gasteiger partial charge in [0.1, 0.15) is 5.82 Å². The van der Waals surface area contributed by atoms with E-state index >= 15 is 0 Å². The van der Waals surface area contributed by atoms with Crippen molar-refractivity contribution < 1.29 is 9.47 Å². The number of nitrogen functional groups attached to an aromatic ring is 1. The standard InChI is InChI=1S/C12H22N4O2/c1-12(2,5-6-17-3)8-14-9-7-10(18-4)16-11(13)15-9/h7H,5-6,8H2,1-4H3,(H3,13,14,15,16). The van der Waals surface area contributed by atoms with Crippen molar-refractivity contribution in [2.24, 2.45) is 5.41 Å². The number of hydrogen-bond donors (Lipinski definition) is 2. The van der Waals surface area contributed by atoms with Gasteiger partial charge in [-0.2, -0.15) is 9.97 Å². The monoisotopic (exact) mass is 254 g/mol. The van der Waals surface area contributed by atoms with Crippen molar-refractivity contribution in [1.82, 2.24) is 9.97 Å². The van der Waals surface area contributed by atoms with Gasteiger partial charge in [0.15, 0.2) is 0 Å². The largest absolute Gasteiger partial charge is 0.481 e. The molecule has 0 aliphatic rings.